The summed E-state index contributed by atoms with van der Waals surface area (Å²) in [5.41, 5.74) is 2.42. The molecule has 0 N–H and O–H groups in total. The van der Waals surface area contributed by atoms with Gasteiger partial charge in [0.1, 0.15) is 24.3 Å². The van der Waals surface area contributed by atoms with Crippen LogP contribution in [0.4, 0.5) is 0 Å². The first kappa shape index (κ1) is 14.0. The third kappa shape index (κ3) is 2.61. The molecule has 0 aromatic heterocycles. The van der Waals surface area contributed by atoms with Gasteiger partial charge in [0, 0.05) is 36.6 Å². The zero-order valence-corrected chi connectivity index (χ0v) is 13.2. The lowest BCUT2D eigenvalue weighted by Crippen LogP contribution is -2.41. The van der Waals surface area contributed by atoms with E-state index in [-0.39, 0.29) is 6.17 Å². The van der Waals surface area contributed by atoms with Gasteiger partial charge in [0.25, 0.3) is 0 Å². The van der Waals surface area contributed by atoms with Crippen LogP contribution in [-0.4, -0.2) is 29.7 Å². The third-order valence-electron chi connectivity index (χ3n) is 4.47. The molecule has 118 valence electrons. The Hall–Kier alpha value is -2.62. The molecule has 2 heterocycles. The Morgan fingerprint density at radius 2 is 1.91 bits per heavy atom. The largest absolute Gasteiger partial charge is 0.496 e. The third-order valence-corrected chi connectivity index (χ3v) is 4.47. The summed E-state index contributed by atoms with van der Waals surface area (Å²) in [4.78, 5) is 4.64. The van der Waals surface area contributed by atoms with E-state index < -0.39 is 0 Å². The number of hydrogen-bond acceptors (Lipinski definition) is 4. The van der Waals surface area contributed by atoms with Crippen LogP contribution in [0, 0.1) is 0 Å². The number of hydrogen-bond donors (Lipinski definition) is 0. The maximum Gasteiger partial charge on any atom is 0.136 e. The Morgan fingerprint density at radius 3 is 2.83 bits per heavy atom. The van der Waals surface area contributed by atoms with Crippen molar-refractivity contribution in [2.24, 2.45) is 0 Å². The highest BCUT2D eigenvalue weighted by Gasteiger charge is 2.30. The lowest BCUT2D eigenvalue weighted by molar-refractivity contribution is 0.0970. The van der Waals surface area contributed by atoms with Crippen LogP contribution in [0.15, 0.2) is 60.9 Å². The van der Waals surface area contributed by atoms with Gasteiger partial charge in [0.05, 0.1) is 7.11 Å². The van der Waals surface area contributed by atoms with E-state index in [2.05, 4.69) is 46.5 Å². The van der Waals surface area contributed by atoms with E-state index in [4.69, 9.17) is 9.47 Å². The van der Waals surface area contributed by atoms with Crippen LogP contribution in [0.5, 0.6) is 11.5 Å². The van der Waals surface area contributed by atoms with E-state index in [0.29, 0.717) is 6.61 Å². The molecule has 1 atom stereocenters. The molecule has 0 fully saturated rings. The molecular formula is C19H20N2O2. The minimum absolute atomic E-state index is 0.215. The van der Waals surface area contributed by atoms with Gasteiger partial charge < -0.3 is 19.3 Å². The molecule has 23 heavy (non-hydrogen) atoms. The number of methoxy groups -OCH3 is 1. The number of benzene rings is 2. The van der Waals surface area contributed by atoms with E-state index in [1.165, 1.54) is 11.1 Å². The number of para-hydroxylation sites is 2. The molecule has 4 rings (SSSR count). The van der Waals surface area contributed by atoms with Crippen LogP contribution < -0.4 is 9.47 Å². The number of ether oxygens (including phenoxy) is 2. The maximum absolute atomic E-state index is 6.03. The lowest BCUT2D eigenvalue weighted by Gasteiger charge is -2.30. The molecule has 0 amide bonds. The van der Waals surface area contributed by atoms with E-state index in [1.807, 2.05) is 24.3 Å². The van der Waals surface area contributed by atoms with Gasteiger partial charge in [0.2, 0.25) is 0 Å². The fourth-order valence-corrected chi connectivity index (χ4v) is 3.23. The predicted octanol–water partition coefficient (Wildman–Crippen LogP) is 3.20. The van der Waals surface area contributed by atoms with Crippen LogP contribution in [-0.2, 0) is 13.1 Å². The average Bonchev–Trinajstić information content (AvgIpc) is 2.86. The van der Waals surface area contributed by atoms with Crippen molar-refractivity contribution >= 4 is 0 Å². The standard InChI is InChI=1S/C19H20N2O2/c1-22-17-8-4-2-6-15(17)12-20-10-11-21-13-16-7-3-5-9-18(16)23-14-19(20)21/h2-11,19H,12-14H2,1H3. The van der Waals surface area contributed by atoms with Crippen LogP contribution >= 0.6 is 0 Å². The van der Waals surface area contributed by atoms with Gasteiger partial charge in [-0.3, -0.25) is 0 Å². The molecule has 2 aliphatic rings. The van der Waals surface area contributed by atoms with Gasteiger partial charge in [-0.25, -0.2) is 0 Å². The maximum atomic E-state index is 6.03. The van der Waals surface area contributed by atoms with Gasteiger partial charge in [-0.2, -0.15) is 0 Å². The minimum Gasteiger partial charge on any atom is -0.496 e. The molecule has 4 nitrogen and oxygen atoms in total. The first-order valence-electron chi connectivity index (χ1n) is 7.87. The lowest BCUT2D eigenvalue weighted by atomic mass is 10.2. The predicted molar refractivity (Wildman–Crippen MR) is 88.9 cm³/mol. The van der Waals surface area contributed by atoms with Crippen molar-refractivity contribution in [1.29, 1.82) is 0 Å². The molecule has 0 aliphatic carbocycles. The van der Waals surface area contributed by atoms with Crippen LogP contribution in [0.2, 0.25) is 0 Å². The van der Waals surface area contributed by atoms with Gasteiger partial charge in [0.15, 0.2) is 0 Å². The summed E-state index contributed by atoms with van der Waals surface area (Å²) in [5, 5.41) is 0. The van der Waals surface area contributed by atoms with Gasteiger partial charge in [-0.1, -0.05) is 36.4 Å². The van der Waals surface area contributed by atoms with Crippen molar-refractivity contribution in [3.8, 4) is 11.5 Å². The summed E-state index contributed by atoms with van der Waals surface area (Å²) in [6.07, 6.45) is 4.52. The van der Waals surface area contributed by atoms with E-state index >= 15 is 0 Å². The highest BCUT2D eigenvalue weighted by molar-refractivity contribution is 5.35. The highest BCUT2D eigenvalue weighted by atomic mass is 16.5. The van der Waals surface area contributed by atoms with Crippen LogP contribution in [0.25, 0.3) is 0 Å². The van der Waals surface area contributed by atoms with E-state index in [9.17, 15) is 0 Å². The Morgan fingerprint density at radius 1 is 1.09 bits per heavy atom. The monoisotopic (exact) mass is 308 g/mol. The van der Waals surface area contributed by atoms with Crippen molar-refractivity contribution in [2.45, 2.75) is 19.3 Å². The van der Waals surface area contributed by atoms with Crippen LogP contribution in [0.3, 0.4) is 0 Å². The summed E-state index contributed by atoms with van der Waals surface area (Å²) in [7, 11) is 1.72. The second kappa shape index (κ2) is 5.88. The van der Waals surface area contributed by atoms with Gasteiger partial charge in [-0.05, 0) is 12.1 Å². The number of fused-ring (bicyclic) bond motifs is 2. The molecule has 0 saturated carbocycles. The topological polar surface area (TPSA) is 24.9 Å². The highest BCUT2D eigenvalue weighted by Crippen LogP contribution is 2.30. The molecule has 2 aromatic rings. The second-order valence-corrected chi connectivity index (χ2v) is 5.85. The van der Waals surface area contributed by atoms with Crippen molar-refractivity contribution in [1.82, 2.24) is 9.80 Å². The first-order chi connectivity index (χ1) is 11.3. The molecular weight excluding hydrogens is 288 g/mol. The second-order valence-electron chi connectivity index (χ2n) is 5.85. The summed E-state index contributed by atoms with van der Waals surface area (Å²) < 4.78 is 11.5. The van der Waals surface area contributed by atoms with Gasteiger partial charge >= 0.3 is 0 Å². The number of rotatable bonds is 3. The van der Waals surface area contributed by atoms with Gasteiger partial charge in [-0.15, -0.1) is 0 Å². The quantitative estimate of drug-likeness (QED) is 0.869. The smallest absolute Gasteiger partial charge is 0.136 e. The van der Waals surface area contributed by atoms with E-state index in [1.54, 1.807) is 7.11 Å². The van der Waals surface area contributed by atoms with Crippen molar-refractivity contribution in [3.05, 3.63) is 72.1 Å². The zero-order chi connectivity index (χ0) is 15.6. The van der Waals surface area contributed by atoms with Crippen LogP contribution in [0.1, 0.15) is 11.1 Å². The van der Waals surface area contributed by atoms with E-state index in [0.717, 1.165) is 24.6 Å². The molecule has 4 heteroatoms. The Balaban J connectivity index is 1.54. The summed E-state index contributed by atoms with van der Waals surface area (Å²) in [6, 6.07) is 16.4. The fourth-order valence-electron chi connectivity index (χ4n) is 3.23. The molecule has 2 aromatic carbocycles. The minimum atomic E-state index is 0.215. The Labute approximate surface area is 136 Å². The van der Waals surface area contributed by atoms with Crippen molar-refractivity contribution in [3.63, 3.8) is 0 Å². The normalized spacial score (nSPS) is 18.9. The summed E-state index contributed by atoms with van der Waals surface area (Å²) >= 11 is 0. The molecule has 0 saturated heterocycles. The molecule has 0 bridgehead atoms. The Kier molecular flexibility index (Phi) is 3.58. The first-order valence-corrected chi connectivity index (χ1v) is 7.87. The number of nitrogens with zero attached hydrogens (tertiary/aromatic N) is 2. The van der Waals surface area contributed by atoms with Crippen molar-refractivity contribution in [2.75, 3.05) is 13.7 Å². The molecule has 2 aliphatic heterocycles. The summed E-state index contributed by atoms with van der Waals surface area (Å²) in [6.45, 7) is 2.33. The molecule has 1 unspecified atom stereocenters. The SMILES string of the molecule is COc1ccccc1CN1C=CN2Cc3ccccc3OCC12. The zero-order valence-electron chi connectivity index (χ0n) is 13.2. The fraction of sp³-hybridized carbons (Fsp3) is 0.263. The van der Waals surface area contributed by atoms with Crippen molar-refractivity contribution < 1.29 is 9.47 Å². The molecule has 0 radical (unpaired) electrons. The average molecular weight is 308 g/mol. The Bertz CT molecular complexity index is 729. The molecule has 0 spiro atoms. The summed E-state index contributed by atoms with van der Waals surface area (Å²) in [5.74, 6) is 1.92.